The molecule has 1 heterocycles. The lowest BCUT2D eigenvalue weighted by molar-refractivity contribution is -0.140. The van der Waals surface area contributed by atoms with Crippen molar-refractivity contribution in [3.05, 3.63) is 22.8 Å². The van der Waals surface area contributed by atoms with Gasteiger partial charge in [-0.15, -0.1) is 11.8 Å². The van der Waals surface area contributed by atoms with Crippen molar-refractivity contribution in [3.63, 3.8) is 0 Å². The van der Waals surface area contributed by atoms with Gasteiger partial charge in [0.15, 0.2) is 0 Å². The number of thioether (sulfide) groups is 1. The van der Waals surface area contributed by atoms with E-state index >= 15 is 0 Å². The van der Waals surface area contributed by atoms with Crippen LogP contribution in [0.15, 0.2) is 22.8 Å². The van der Waals surface area contributed by atoms with Crippen molar-refractivity contribution in [2.45, 2.75) is 30.6 Å². The molecule has 2 aliphatic carbocycles. The summed E-state index contributed by atoms with van der Waals surface area (Å²) in [5, 5.41) is 0. The quantitative estimate of drug-likeness (QED) is 0.573. The van der Waals surface area contributed by atoms with Gasteiger partial charge >= 0.3 is 11.9 Å². The summed E-state index contributed by atoms with van der Waals surface area (Å²) in [5.74, 6) is -0.0217. The normalized spacial score (nSPS) is 30.8. The molecule has 0 amide bonds. The van der Waals surface area contributed by atoms with Gasteiger partial charge in [0.25, 0.3) is 0 Å². The third-order valence-electron chi connectivity index (χ3n) is 4.60. The highest BCUT2D eigenvalue weighted by Crippen LogP contribution is 2.54. The van der Waals surface area contributed by atoms with E-state index in [9.17, 15) is 9.59 Å². The number of methoxy groups -OCH3 is 2. The van der Waals surface area contributed by atoms with E-state index in [1.807, 2.05) is 0 Å². The first kappa shape index (κ1) is 15.6. The first-order chi connectivity index (χ1) is 10.6. The fraction of sp³-hybridized carbons (Fsp3) is 0.625. The van der Waals surface area contributed by atoms with Crippen molar-refractivity contribution in [1.29, 1.82) is 0 Å². The molecular weight excluding hydrogens is 304 g/mol. The Kier molecular flexibility index (Phi) is 4.32. The number of rotatable bonds is 2. The first-order valence-electron chi connectivity index (χ1n) is 7.51. The Morgan fingerprint density at radius 1 is 1.32 bits per heavy atom. The molecule has 5 nitrogen and oxygen atoms in total. The number of fused-ring (bicyclic) bond motifs is 2. The van der Waals surface area contributed by atoms with Crippen LogP contribution >= 0.6 is 11.8 Å². The summed E-state index contributed by atoms with van der Waals surface area (Å²) in [5.41, 5.74) is 2.01. The van der Waals surface area contributed by atoms with Crippen molar-refractivity contribution in [2.24, 2.45) is 5.92 Å². The van der Waals surface area contributed by atoms with Crippen molar-refractivity contribution in [1.82, 2.24) is 0 Å². The lowest BCUT2D eigenvalue weighted by Gasteiger charge is -2.42. The van der Waals surface area contributed by atoms with E-state index < -0.39 is 11.9 Å². The standard InChI is InChI=1S/C16H20O5S/c1-19-14(17)11-5-6-12-10(13(11)15(18)20-2)4-3-7-16(12)21-8-9-22-16/h6,10H,3-5,7-9H2,1-2H3/t10-,16+/m0/s1. The molecule has 3 rings (SSSR count). The predicted octanol–water partition coefficient (Wildman–Crippen LogP) is 2.22. The van der Waals surface area contributed by atoms with E-state index in [1.165, 1.54) is 14.2 Å². The number of allylic oxidation sites excluding steroid dienone is 1. The minimum Gasteiger partial charge on any atom is -0.466 e. The molecule has 1 aliphatic heterocycles. The minimum atomic E-state index is -0.449. The molecule has 3 aliphatic rings. The summed E-state index contributed by atoms with van der Waals surface area (Å²) in [6.07, 6.45) is 5.21. The second-order valence-electron chi connectivity index (χ2n) is 5.63. The van der Waals surface area contributed by atoms with Gasteiger partial charge in [0, 0.05) is 11.7 Å². The Morgan fingerprint density at radius 2 is 2.09 bits per heavy atom. The second-order valence-corrected chi connectivity index (χ2v) is 6.99. The van der Waals surface area contributed by atoms with Gasteiger partial charge < -0.3 is 14.2 Å². The third-order valence-corrected chi connectivity index (χ3v) is 6.00. The van der Waals surface area contributed by atoms with Crippen molar-refractivity contribution >= 4 is 23.7 Å². The van der Waals surface area contributed by atoms with Gasteiger partial charge in [0.2, 0.25) is 0 Å². The molecule has 1 saturated heterocycles. The fourth-order valence-electron chi connectivity index (χ4n) is 3.69. The van der Waals surface area contributed by atoms with E-state index in [2.05, 4.69) is 6.08 Å². The van der Waals surface area contributed by atoms with Gasteiger partial charge in [-0.25, -0.2) is 9.59 Å². The van der Waals surface area contributed by atoms with Gasteiger partial charge in [-0.2, -0.15) is 0 Å². The molecule has 0 bridgehead atoms. The SMILES string of the molecule is COC(=O)C1=C(C(=O)OC)[C@H]2CCC[C@]3(OCCS3)C2=CC1. The first-order valence-corrected chi connectivity index (χ1v) is 8.49. The summed E-state index contributed by atoms with van der Waals surface area (Å²) in [6.45, 7) is 0.732. The van der Waals surface area contributed by atoms with Crippen LogP contribution in [-0.4, -0.2) is 43.5 Å². The Labute approximate surface area is 134 Å². The van der Waals surface area contributed by atoms with Crippen LogP contribution in [0.4, 0.5) is 0 Å². The highest BCUT2D eigenvalue weighted by Gasteiger charge is 2.49. The fourth-order valence-corrected chi connectivity index (χ4v) is 5.04. The number of carbonyl (C=O) groups excluding carboxylic acids is 2. The molecule has 6 heteroatoms. The average molecular weight is 324 g/mol. The van der Waals surface area contributed by atoms with E-state index in [1.54, 1.807) is 11.8 Å². The number of ether oxygens (including phenoxy) is 3. The molecule has 2 atom stereocenters. The lowest BCUT2D eigenvalue weighted by atomic mass is 9.72. The van der Waals surface area contributed by atoms with Crippen LogP contribution in [0, 0.1) is 5.92 Å². The number of carbonyl (C=O) groups is 2. The molecule has 1 saturated carbocycles. The van der Waals surface area contributed by atoms with Crippen molar-refractivity contribution in [3.8, 4) is 0 Å². The molecule has 0 aromatic heterocycles. The van der Waals surface area contributed by atoms with Gasteiger partial charge in [0.05, 0.1) is 32.0 Å². The average Bonchev–Trinajstić information content (AvgIpc) is 3.01. The van der Waals surface area contributed by atoms with Gasteiger partial charge in [-0.3, -0.25) is 0 Å². The Morgan fingerprint density at radius 3 is 2.73 bits per heavy atom. The molecule has 22 heavy (non-hydrogen) atoms. The predicted molar refractivity (Wildman–Crippen MR) is 82.2 cm³/mol. The smallest absolute Gasteiger partial charge is 0.334 e. The molecule has 0 radical (unpaired) electrons. The van der Waals surface area contributed by atoms with Crippen molar-refractivity contribution in [2.75, 3.05) is 26.6 Å². The van der Waals surface area contributed by atoms with E-state index in [0.29, 0.717) is 17.6 Å². The Hall–Kier alpha value is -1.27. The summed E-state index contributed by atoms with van der Waals surface area (Å²) in [4.78, 5) is 24.0. The number of hydrogen-bond acceptors (Lipinski definition) is 6. The molecule has 2 fully saturated rings. The molecule has 1 spiro atoms. The largest absolute Gasteiger partial charge is 0.466 e. The highest BCUT2D eigenvalue weighted by molar-refractivity contribution is 8.00. The Bertz CT molecular complexity index is 557. The topological polar surface area (TPSA) is 61.8 Å². The minimum absolute atomic E-state index is 0.102. The Balaban J connectivity index is 2.02. The summed E-state index contributed by atoms with van der Waals surface area (Å²) >= 11 is 1.81. The third kappa shape index (κ3) is 2.38. The summed E-state index contributed by atoms with van der Waals surface area (Å²) in [7, 11) is 2.68. The van der Waals surface area contributed by atoms with E-state index in [-0.39, 0.29) is 10.9 Å². The monoisotopic (exact) mass is 324 g/mol. The lowest BCUT2D eigenvalue weighted by Crippen LogP contribution is -2.39. The zero-order valence-electron chi connectivity index (χ0n) is 12.8. The highest BCUT2D eigenvalue weighted by atomic mass is 32.2. The van der Waals surface area contributed by atoms with E-state index in [0.717, 1.165) is 37.2 Å². The van der Waals surface area contributed by atoms with Gasteiger partial charge in [-0.1, -0.05) is 6.08 Å². The van der Waals surface area contributed by atoms with Crippen LogP contribution in [0.2, 0.25) is 0 Å². The molecule has 0 unspecified atom stereocenters. The second kappa shape index (κ2) is 6.08. The maximum Gasteiger partial charge on any atom is 0.334 e. The maximum absolute atomic E-state index is 12.3. The van der Waals surface area contributed by atoms with Crippen LogP contribution < -0.4 is 0 Å². The van der Waals surface area contributed by atoms with Crippen molar-refractivity contribution < 1.29 is 23.8 Å². The van der Waals surface area contributed by atoms with Gasteiger partial charge in [-0.05, 0) is 31.3 Å². The summed E-state index contributed by atoms with van der Waals surface area (Å²) < 4.78 is 15.8. The van der Waals surface area contributed by atoms with Gasteiger partial charge in [0.1, 0.15) is 4.93 Å². The van der Waals surface area contributed by atoms with Crippen LogP contribution in [0.1, 0.15) is 25.7 Å². The van der Waals surface area contributed by atoms with Crippen LogP contribution in [0.5, 0.6) is 0 Å². The summed E-state index contributed by atoms with van der Waals surface area (Å²) in [6, 6.07) is 0. The van der Waals surface area contributed by atoms with Crippen LogP contribution in [-0.2, 0) is 23.8 Å². The van der Waals surface area contributed by atoms with E-state index in [4.69, 9.17) is 14.2 Å². The molecule has 0 aromatic carbocycles. The number of hydrogen-bond donors (Lipinski definition) is 0. The molecular formula is C16H20O5S. The maximum atomic E-state index is 12.3. The van der Waals surface area contributed by atoms with Crippen LogP contribution in [0.25, 0.3) is 0 Å². The molecule has 0 aromatic rings. The zero-order valence-corrected chi connectivity index (χ0v) is 13.7. The van der Waals surface area contributed by atoms with Crippen LogP contribution in [0.3, 0.4) is 0 Å². The number of esters is 2. The molecule has 120 valence electrons. The zero-order chi connectivity index (χ0) is 15.7. The molecule has 0 N–H and O–H groups in total.